The van der Waals surface area contributed by atoms with Gasteiger partial charge in [-0.3, -0.25) is 14.3 Å². The number of likely N-dealkylation sites (N-methyl/N-ethyl adjacent to an activating group) is 1. The molecule has 0 fully saturated rings. The highest BCUT2D eigenvalue weighted by Crippen LogP contribution is 2.31. The second-order valence-electron chi connectivity index (χ2n) is 15.4. The van der Waals surface area contributed by atoms with Crippen LogP contribution in [0.15, 0.2) is 76.6 Å². The molecule has 0 unspecified atom stereocenters. The molecular formula is C43H63N5O7S2. The van der Waals surface area contributed by atoms with E-state index in [1.807, 2.05) is 24.8 Å². The van der Waals surface area contributed by atoms with Gasteiger partial charge in [-0.05, 0) is 74.4 Å². The van der Waals surface area contributed by atoms with Gasteiger partial charge in [0.2, 0.25) is 10.0 Å². The smallest absolute Gasteiger partial charge is 0.278 e. The third kappa shape index (κ3) is 16.2. The molecule has 0 bridgehead atoms. The molecule has 3 N–H and O–H groups in total. The van der Waals surface area contributed by atoms with Gasteiger partial charge >= 0.3 is 0 Å². The average Bonchev–Trinajstić information content (AvgIpc) is 3.14. The topological polar surface area (TPSA) is 163 Å². The molecule has 0 spiro atoms. The molecule has 57 heavy (non-hydrogen) atoms. The van der Waals surface area contributed by atoms with Crippen molar-refractivity contribution < 1.29 is 31.2 Å². The maximum absolute atomic E-state index is 14.2. The molecule has 0 heterocycles. The molecule has 0 aliphatic rings. The van der Waals surface area contributed by atoms with Crippen LogP contribution < -0.4 is 24.4 Å². The highest BCUT2D eigenvalue weighted by atomic mass is 32.2. The van der Waals surface area contributed by atoms with Gasteiger partial charge in [0.1, 0.15) is 5.75 Å². The van der Waals surface area contributed by atoms with Crippen molar-refractivity contribution in [3.63, 3.8) is 0 Å². The van der Waals surface area contributed by atoms with Crippen LogP contribution in [0.5, 0.6) is 5.75 Å². The van der Waals surface area contributed by atoms with Crippen LogP contribution in [0.1, 0.15) is 104 Å². The summed E-state index contributed by atoms with van der Waals surface area (Å²) in [5.74, 6) is -1.05. The number of Topliss-reactive ketones (excluding diaryl/α,β-unsaturated/α-hetero) is 1. The summed E-state index contributed by atoms with van der Waals surface area (Å²) in [5, 5.41) is 2.77. The standard InChI is InChI=1S/C43H63N5O7S2/c1-8-10-11-12-13-14-15-16-17-21-30-55-39-27-25-36(57(53,54)47-34-22-19-18-20-23-34)32-38(39)46-42(50)40(41(49)43(4,5)6)45-37-26-24-35(31-33(37)3)48(9-2)29-28-44-56(7,51)52/h18-20,22-27,31-32,44,47H,8-17,21,28-30H2,1-7H3,(H,46,50). The van der Waals surface area contributed by atoms with Crippen LogP contribution in [0, 0.1) is 12.3 Å². The maximum Gasteiger partial charge on any atom is 0.278 e. The van der Waals surface area contributed by atoms with E-state index in [4.69, 9.17) is 4.74 Å². The minimum Gasteiger partial charge on any atom is -0.491 e. The molecule has 0 aromatic heterocycles. The van der Waals surface area contributed by atoms with E-state index in [-0.39, 0.29) is 28.6 Å². The largest absolute Gasteiger partial charge is 0.491 e. The van der Waals surface area contributed by atoms with Gasteiger partial charge in [-0.1, -0.05) is 104 Å². The van der Waals surface area contributed by atoms with E-state index < -0.39 is 37.2 Å². The quantitative estimate of drug-likeness (QED) is 0.0434. The van der Waals surface area contributed by atoms with Gasteiger partial charge in [-0.25, -0.2) is 26.6 Å². The number of hydrogen-bond acceptors (Lipinski definition) is 9. The summed E-state index contributed by atoms with van der Waals surface area (Å²) in [6.45, 7) is 12.7. The predicted molar refractivity (Wildman–Crippen MR) is 233 cm³/mol. The number of carbonyl (C=O) groups excluding carboxylic acids is 2. The Morgan fingerprint density at radius 2 is 1.44 bits per heavy atom. The average molecular weight is 826 g/mol. The number of amides is 1. The first-order valence-electron chi connectivity index (χ1n) is 20.0. The van der Waals surface area contributed by atoms with Crippen molar-refractivity contribution >= 4 is 60.2 Å². The molecule has 3 aromatic carbocycles. The number of carbonyl (C=O) groups is 2. The number of sulfonamides is 2. The van der Waals surface area contributed by atoms with Crippen LogP contribution in [0.4, 0.5) is 22.7 Å². The van der Waals surface area contributed by atoms with Gasteiger partial charge in [0.25, 0.3) is 15.9 Å². The first-order chi connectivity index (χ1) is 26.9. The maximum atomic E-state index is 14.2. The second kappa shape index (κ2) is 22.6. The van der Waals surface area contributed by atoms with E-state index in [2.05, 4.69) is 26.7 Å². The van der Waals surface area contributed by atoms with E-state index in [9.17, 15) is 26.4 Å². The zero-order chi connectivity index (χ0) is 42.1. The fraction of sp³-hybridized carbons (Fsp3) is 0.512. The molecule has 12 nitrogen and oxygen atoms in total. The number of ether oxygens (including phenoxy) is 1. The summed E-state index contributed by atoms with van der Waals surface area (Å²) >= 11 is 0. The first kappa shape index (κ1) is 47.1. The third-order valence-electron chi connectivity index (χ3n) is 9.31. The lowest BCUT2D eigenvalue weighted by Crippen LogP contribution is -2.37. The molecule has 314 valence electrons. The molecule has 14 heteroatoms. The molecule has 1 amide bonds. The normalized spacial score (nSPS) is 12.3. The molecule has 0 saturated carbocycles. The van der Waals surface area contributed by atoms with E-state index >= 15 is 0 Å². The molecule has 0 saturated heterocycles. The summed E-state index contributed by atoms with van der Waals surface area (Å²) in [4.78, 5) is 34.5. The number of unbranched alkanes of at least 4 members (excludes halogenated alkanes) is 9. The first-order valence-corrected chi connectivity index (χ1v) is 23.4. The Labute approximate surface area is 341 Å². The minimum atomic E-state index is -4.07. The number of nitrogens with zero attached hydrogens (tertiary/aromatic N) is 2. The number of benzene rings is 3. The van der Waals surface area contributed by atoms with Gasteiger partial charge in [-0.2, -0.15) is 0 Å². The Balaban J connectivity index is 1.90. The molecule has 0 atom stereocenters. The highest BCUT2D eigenvalue weighted by molar-refractivity contribution is 7.92. The molecule has 0 radical (unpaired) electrons. The van der Waals surface area contributed by atoms with E-state index in [0.717, 1.165) is 31.2 Å². The van der Waals surface area contributed by atoms with Crippen molar-refractivity contribution in [2.24, 2.45) is 10.4 Å². The van der Waals surface area contributed by atoms with Crippen LogP contribution in [-0.2, 0) is 29.6 Å². The number of rotatable bonds is 25. The minimum absolute atomic E-state index is 0.0887. The zero-order valence-corrected chi connectivity index (χ0v) is 36.5. The molecular weight excluding hydrogens is 763 g/mol. The van der Waals surface area contributed by atoms with Crippen molar-refractivity contribution in [1.82, 2.24) is 4.72 Å². The Morgan fingerprint density at radius 3 is 2.02 bits per heavy atom. The van der Waals surface area contributed by atoms with E-state index in [0.29, 0.717) is 36.6 Å². The summed E-state index contributed by atoms with van der Waals surface area (Å²) in [5.41, 5.74) is 1.05. The molecule has 3 aromatic rings. The predicted octanol–water partition coefficient (Wildman–Crippen LogP) is 8.80. The number of ketones is 1. The lowest BCUT2D eigenvalue weighted by atomic mass is 9.87. The van der Waals surface area contributed by atoms with E-state index in [1.165, 1.54) is 63.1 Å². The van der Waals surface area contributed by atoms with Crippen LogP contribution >= 0.6 is 0 Å². The van der Waals surface area contributed by atoms with Gasteiger partial charge in [0.05, 0.1) is 29.1 Å². The highest BCUT2D eigenvalue weighted by Gasteiger charge is 2.32. The Hall–Kier alpha value is -4.27. The molecule has 0 aliphatic heterocycles. The van der Waals surface area contributed by atoms with Crippen molar-refractivity contribution in [2.75, 3.05) is 47.4 Å². The number of anilines is 3. The summed E-state index contributed by atoms with van der Waals surface area (Å²) < 4.78 is 61.3. The lowest BCUT2D eigenvalue weighted by Gasteiger charge is -2.24. The Bertz CT molecular complexity index is 2010. The van der Waals surface area contributed by atoms with Crippen molar-refractivity contribution in [2.45, 2.75) is 111 Å². The van der Waals surface area contributed by atoms with Gasteiger partial charge in [0, 0.05) is 36.4 Å². The number of aryl methyl sites for hydroxylation is 1. The number of hydrogen-bond donors (Lipinski definition) is 3. The van der Waals surface area contributed by atoms with Crippen LogP contribution in [0.3, 0.4) is 0 Å². The third-order valence-corrected chi connectivity index (χ3v) is 11.4. The number of aliphatic imine (C=N–C) groups is 1. The summed E-state index contributed by atoms with van der Waals surface area (Å²) in [6, 6.07) is 18.1. The number of para-hydroxylation sites is 1. The lowest BCUT2D eigenvalue weighted by molar-refractivity contribution is -0.121. The van der Waals surface area contributed by atoms with Crippen molar-refractivity contribution in [3.05, 3.63) is 72.3 Å². The monoisotopic (exact) mass is 825 g/mol. The van der Waals surface area contributed by atoms with Crippen LogP contribution in [-0.4, -0.2) is 66.7 Å². The van der Waals surface area contributed by atoms with Gasteiger partial charge < -0.3 is 15.0 Å². The second-order valence-corrected chi connectivity index (χ2v) is 18.9. The van der Waals surface area contributed by atoms with Crippen molar-refractivity contribution in [3.8, 4) is 5.75 Å². The summed E-state index contributed by atoms with van der Waals surface area (Å²) in [6.07, 6.45) is 12.7. The molecule has 0 aliphatic carbocycles. The van der Waals surface area contributed by atoms with Crippen molar-refractivity contribution in [1.29, 1.82) is 0 Å². The van der Waals surface area contributed by atoms with E-state index in [1.54, 1.807) is 63.2 Å². The Morgan fingerprint density at radius 1 is 0.807 bits per heavy atom. The summed E-state index contributed by atoms with van der Waals surface area (Å²) in [7, 11) is -7.40. The fourth-order valence-electron chi connectivity index (χ4n) is 6.05. The fourth-order valence-corrected chi connectivity index (χ4v) is 7.60. The van der Waals surface area contributed by atoms with Gasteiger partial charge in [0.15, 0.2) is 11.5 Å². The zero-order valence-electron chi connectivity index (χ0n) is 34.8. The number of nitrogens with one attached hydrogen (secondary N) is 3. The Kier molecular flexibility index (Phi) is 18.7. The molecule has 3 rings (SSSR count). The SMILES string of the molecule is CCCCCCCCCCCCOc1ccc(S(=O)(=O)Nc2ccccc2)cc1NC(=O)C(=Nc1ccc(N(CC)CCNS(C)(=O)=O)cc1C)C(=O)C(C)(C)C. The van der Waals surface area contributed by atoms with Gasteiger partial charge in [-0.15, -0.1) is 0 Å². The van der Waals surface area contributed by atoms with Crippen LogP contribution in [0.25, 0.3) is 0 Å². The van der Waals surface area contributed by atoms with Crippen LogP contribution in [0.2, 0.25) is 0 Å².